The van der Waals surface area contributed by atoms with Crippen molar-refractivity contribution in [1.82, 2.24) is 5.32 Å². The maximum atomic E-state index is 15.1. The predicted octanol–water partition coefficient (Wildman–Crippen LogP) is 4.80. The number of hydrogen-bond acceptors (Lipinski definition) is 9. The third-order valence-corrected chi connectivity index (χ3v) is 10.1. The minimum atomic E-state index is -1.07. The molecule has 1 heterocycles. The van der Waals surface area contributed by atoms with Gasteiger partial charge in [0, 0.05) is 0 Å². The average molecular weight is 641 g/mol. The van der Waals surface area contributed by atoms with Crippen LogP contribution in [0.25, 0.3) is 0 Å². The lowest BCUT2D eigenvalue weighted by atomic mass is 9.43. The number of hydrogen-bond donors (Lipinski definition) is 2. The van der Waals surface area contributed by atoms with E-state index in [0.717, 1.165) is 12.8 Å². The molecule has 2 aromatic carbocycles. The summed E-state index contributed by atoms with van der Waals surface area (Å²) >= 11 is 0. The van der Waals surface area contributed by atoms with E-state index in [-0.39, 0.29) is 29.3 Å². The molecule has 6 rings (SSSR count). The van der Waals surface area contributed by atoms with Gasteiger partial charge in [-0.3, -0.25) is 4.79 Å². The lowest BCUT2D eigenvalue weighted by Crippen LogP contribution is -2.65. The molecule has 3 N–H and O–H groups in total. The van der Waals surface area contributed by atoms with Crippen molar-refractivity contribution < 1.29 is 42.2 Å². The summed E-state index contributed by atoms with van der Waals surface area (Å²) in [5.74, 6) is -1.11. The van der Waals surface area contributed by atoms with Crippen LogP contribution in [0.5, 0.6) is 17.2 Å². The molecule has 1 aliphatic heterocycles. The molecule has 12 heteroatoms. The second-order valence-electron chi connectivity index (χ2n) is 14.4. The van der Waals surface area contributed by atoms with Crippen LogP contribution in [0.3, 0.4) is 0 Å². The second-order valence-corrected chi connectivity index (χ2v) is 14.4. The van der Waals surface area contributed by atoms with Crippen LogP contribution >= 0.6 is 0 Å². The molecule has 5 unspecified atom stereocenters. The summed E-state index contributed by atoms with van der Waals surface area (Å²) in [5, 5.41) is 3.05. The van der Waals surface area contributed by atoms with E-state index in [1.54, 1.807) is 39.0 Å². The van der Waals surface area contributed by atoms with Gasteiger partial charge in [0.2, 0.25) is 5.91 Å². The summed E-state index contributed by atoms with van der Waals surface area (Å²) in [7, 11) is 3.55. The molecule has 3 saturated carbocycles. The van der Waals surface area contributed by atoms with Gasteiger partial charge in [-0.15, -0.1) is 0 Å². The van der Waals surface area contributed by atoms with E-state index in [1.165, 1.54) is 33.5 Å². The van der Waals surface area contributed by atoms with Crippen LogP contribution < -0.4 is 25.3 Å². The van der Waals surface area contributed by atoms with E-state index in [2.05, 4.69) is 26.1 Å². The number of rotatable bonds is 10. The van der Waals surface area contributed by atoms with Crippen LogP contribution in [-0.2, 0) is 25.3 Å². The van der Waals surface area contributed by atoms with E-state index >= 15 is 4.39 Å². The lowest BCUT2D eigenvalue weighted by molar-refractivity contribution is -0.199. The summed E-state index contributed by atoms with van der Waals surface area (Å²) < 4.78 is 50.3. The SMILES string of the molecule is COc1ccc(C(N)C(=O)NC(Cc2ccc(F)c(C(=O)OC(C)(C)C)c2OC)B2OC3CC4CC(C4(C)C)[C@]3(C)O2)cc1OC. The lowest BCUT2D eigenvalue weighted by Gasteiger charge is -2.64. The van der Waals surface area contributed by atoms with Gasteiger partial charge in [0.05, 0.1) is 39.0 Å². The van der Waals surface area contributed by atoms with Gasteiger partial charge in [-0.1, -0.05) is 26.0 Å². The molecular weight excluding hydrogens is 594 g/mol. The first-order valence-corrected chi connectivity index (χ1v) is 15.7. The van der Waals surface area contributed by atoms with Crippen LogP contribution in [0.4, 0.5) is 4.39 Å². The molecule has 250 valence electrons. The minimum absolute atomic E-state index is 0.0164. The van der Waals surface area contributed by atoms with Gasteiger partial charge in [-0.05, 0) is 93.5 Å². The van der Waals surface area contributed by atoms with Crippen LogP contribution in [0, 0.1) is 23.1 Å². The second kappa shape index (κ2) is 12.4. The highest BCUT2D eigenvalue weighted by Gasteiger charge is 2.68. The summed E-state index contributed by atoms with van der Waals surface area (Å²) in [6.45, 7) is 11.7. The number of benzene rings is 2. The zero-order valence-electron chi connectivity index (χ0n) is 28.2. The molecule has 0 spiro atoms. The van der Waals surface area contributed by atoms with E-state index in [9.17, 15) is 9.59 Å². The molecule has 46 heavy (non-hydrogen) atoms. The maximum Gasteiger partial charge on any atom is 0.482 e. The number of ether oxygens (including phenoxy) is 4. The van der Waals surface area contributed by atoms with E-state index in [0.29, 0.717) is 34.5 Å². The third kappa shape index (κ3) is 6.07. The standard InChI is InChI=1S/C34H46BFN2O8/c1-32(2,3)44-31(40)27-21(36)12-10-19(29(27)43-9)15-26(35-45-25-17-20-16-24(33(20,4)5)34(25,6)46-35)38-30(39)28(37)18-11-13-22(41-7)23(14-18)42-8/h10-14,20,24-26,28H,15-17,37H2,1-9H3,(H,38,39)/t20?,24?,25?,26?,28?,34-/m0/s1. The van der Waals surface area contributed by atoms with Crippen molar-refractivity contribution in [2.75, 3.05) is 21.3 Å². The molecule has 4 fully saturated rings. The normalized spacial score (nSPS) is 25.9. The number of nitrogens with two attached hydrogens (primary N) is 1. The molecule has 2 aromatic rings. The molecule has 6 atom stereocenters. The largest absolute Gasteiger partial charge is 0.495 e. The maximum absolute atomic E-state index is 15.1. The molecule has 4 aliphatic rings. The fourth-order valence-electron chi connectivity index (χ4n) is 7.51. The Bertz CT molecular complexity index is 1500. The number of methoxy groups -OCH3 is 3. The van der Waals surface area contributed by atoms with Gasteiger partial charge in [0.1, 0.15) is 28.8 Å². The van der Waals surface area contributed by atoms with E-state index in [1.807, 2.05) is 0 Å². The van der Waals surface area contributed by atoms with Gasteiger partial charge in [-0.2, -0.15) is 0 Å². The fraction of sp³-hybridized carbons (Fsp3) is 0.588. The zero-order chi connectivity index (χ0) is 33.8. The van der Waals surface area contributed by atoms with Gasteiger partial charge in [0.15, 0.2) is 11.5 Å². The van der Waals surface area contributed by atoms with Crippen LogP contribution in [-0.4, -0.2) is 63.6 Å². The highest BCUT2D eigenvalue weighted by molar-refractivity contribution is 6.48. The molecule has 1 saturated heterocycles. The van der Waals surface area contributed by atoms with Crippen LogP contribution in [0.15, 0.2) is 30.3 Å². The molecular formula is C34H46BFN2O8. The third-order valence-electron chi connectivity index (χ3n) is 10.1. The first-order chi connectivity index (χ1) is 21.5. The van der Waals surface area contributed by atoms with E-state index in [4.69, 9.17) is 34.0 Å². The number of esters is 1. The summed E-state index contributed by atoms with van der Waals surface area (Å²) in [6.07, 6.45) is 1.85. The van der Waals surface area contributed by atoms with Crippen molar-refractivity contribution in [2.24, 2.45) is 23.0 Å². The first-order valence-electron chi connectivity index (χ1n) is 15.7. The highest BCUT2D eigenvalue weighted by Crippen LogP contribution is 2.65. The van der Waals surface area contributed by atoms with E-state index < -0.39 is 48.0 Å². The molecule has 0 aromatic heterocycles. The number of carbonyl (C=O) groups is 2. The van der Waals surface area contributed by atoms with Gasteiger partial charge >= 0.3 is 13.1 Å². The van der Waals surface area contributed by atoms with Gasteiger partial charge in [0.25, 0.3) is 0 Å². The van der Waals surface area contributed by atoms with Crippen molar-refractivity contribution in [3.05, 3.63) is 52.8 Å². The van der Waals surface area contributed by atoms with Crippen molar-refractivity contribution in [1.29, 1.82) is 0 Å². The van der Waals surface area contributed by atoms with Crippen molar-refractivity contribution in [3.63, 3.8) is 0 Å². The van der Waals surface area contributed by atoms with Crippen molar-refractivity contribution in [2.45, 2.75) is 90.1 Å². The quantitative estimate of drug-likeness (QED) is 0.278. The fourth-order valence-corrected chi connectivity index (χ4v) is 7.51. The Labute approximate surface area is 270 Å². The summed E-state index contributed by atoms with van der Waals surface area (Å²) in [4.78, 5) is 26.9. The first kappa shape index (κ1) is 34.0. The Balaban J connectivity index is 1.48. The van der Waals surface area contributed by atoms with Crippen molar-refractivity contribution >= 4 is 19.0 Å². The molecule has 2 bridgehead atoms. The monoisotopic (exact) mass is 640 g/mol. The summed E-state index contributed by atoms with van der Waals surface area (Å²) in [5.41, 5.74) is 5.84. The van der Waals surface area contributed by atoms with Gasteiger partial charge < -0.3 is 39.3 Å². The molecule has 10 nitrogen and oxygen atoms in total. The Morgan fingerprint density at radius 1 is 1.07 bits per heavy atom. The predicted molar refractivity (Wildman–Crippen MR) is 170 cm³/mol. The topological polar surface area (TPSA) is 128 Å². The molecule has 1 amide bonds. The highest BCUT2D eigenvalue weighted by atomic mass is 19.1. The molecule has 3 aliphatic carbocycles. The Kier molecular flexibility index (Phi) is 9.13. The minimum Gasteiger partial charge on any atom is -0.495 e. The summed E-state index contributed by atoms with van der Waals surface area (Å²) in [6, 6.07) is 6.69. The number of nitrogens with one attached hydrogen (secondary N) is 1. The Morgan fingerprint density at radius 3 is 2.37 bits per heavy atom. The van der Waals surface area contributed by atoms with Crippen molar-refractivity contribution in [3.8, 4) is 17.2 Å². The average Bonchev–Trinajstić information content (AvgIpc) is 3.36. The number of amides is 1. The Morgan fingerprint density at radius 2 is 1.76 bits per heavy atom. The molecule has 0 radical (unpaired) electrons. The number of halogens is 1. The smallest absolute Gasteiger partial charge is 0.482 e. The van der Waals surface area contributed by atoms with Crippen LogP contribution in [0.2, 0.25) is 0 Å². The zero-order valence-corrected chi connectivity index (χ0v) is 28.2. The van der Waals surface area contributed by atoms with Gasteiger partial charge in [-0.25, -0.2) is 9.18 Å². The van der Waals surface area contributed by atoms with Crippen LogP contribution in [0.1, 0.15) is 81.9 Å². The number of carbonyl (C=O) groups excluding carboxylic acids is 2. The Hall–Kier alpha value is -3.35.